The minimum Gasteiger partial charge on any atom is -0.383 e. The Balaban J connectivity index is 3.05. The molecule has 0 saturated carbocycles. The van der Waals surface area contributed by atoms with Crippen molar-refractivity contribution < 1.29 is 0 Å². The molecular weight excluding hydrogens is 284 g/mol. The lowest BCUT2D eigenvalue weighted by atomic mass is 10.2. The van der Waals surface area contributed by atoms with Gasteiger partial charge in [-0.1, -0.05) is 27.8 Å². The molecule has 0 aliphatic rings. The van der Waals surface area contributed by atoms with Crippen LogP contribution in [0.4, 0.5) is 5.82 Å². The second-order valence-corrected chi connectivity index (χ2v) is 3.50. The quantitative estimate of drug-likeness (QED) is 0.587. The monoisotopic (exact) mass is 288 g/mol. The van der Waals surface area contributed by atoms with E-state index in [1.165, 1.54) is 0 Å². The number of hydrogen-bond donors (Lipinski definition) is 1. The molecule has 1 aromatic rings. The average molecular weight is 290 g/mol. The van der Waals surface area contributed by atoms with Crippen LogP contribution in [0.1, 0.15) is 5.56 Å². The van der Waals surface area contributed by atoms with Crippen molar-refractivity contribution in [2.24, 2.45) is 0 Å². The van der Waals surface area contributed by atoms with Crippen molar-refractivity contribution in [2.75, 3.05) is 11.1 Å². The highest BCUT2D eigenvalue weighted by Crippen LogP contribution is 2.13. The van der Waals surface area contributed by atoms with Crippen LogP contribution in [0, 0.1) is 11.8 Å². The minimum atomic E-state index is 0.464. The molecule has 2 nitrogen and oxygen atoms in total. The first-order valence-corrected chi connectivity index (χ1v) is 5.11. The average Bonchev–Trinajstić information content (AvgIpc) is 2.07. The van der Waals surface area contributed by atoms with E-state index in [4.69, 9.17) is 5.73 Å². The number of rotatable bonds is 0. The van der Waals surface area contributed by atoms with Crippen molar-refractivity contribution >= 4 is 37.7 Å². The third-order valence-electron chi connectivity index (χ3n) is 1.18. The van der Waals surface area contributed by atoms with E-state index in [-0.39, 0.29) is 0 Å². The molecule has 0 aromatic carbocycles. The van der Waals surface area contributed by atoms with Gasteiger partial charge in [-0.2, -0.15) is 0 Å². The van der Waals surface area contributed by atoms with Gasteiger partial charge >= 0.3 is 0 Å². The van der Waals surface area contributed by atoms with Crippen LogP contribution in [0.2, 0.25) is 0 Å². The van der Waals surface area contributed by atoms with Crippen LogP contribution in [-0.2, 0) is 0 Å². The maximum atomic E-state index is 5.58. The summed E-state index contributed by atoms with van der Waals surface area (Å²) < 4.78 is 0.885. The highest BCUT2D eigenvalue weighted by molar-refractivity contribution is 9.10. The van der Waals surface area contributed by atoms with Gasteiger partial charge in [-0.15, -0.1) is 0 Å². The molecule has 1 aromatic heterocycles. The van der Waals surface area contributed by atoms with Crippen molar-refractivity contribution in [3.05, 3.63) is 22.3 Å². The largest absolute Gasteiger partial charge is 0.383 e. The van der Waals surface area contributed by atoms with Crippen LogP contribution < -0.4 is 5.73 Å². The molecular formula is C8H6Br2N2. The van der Waals surface area contributed by atoms with Gasteiger partial charge in [-0.25, -0.2) is 4.98 Å². The first kappa shape index (κ1) is 9.56. The predicted molar refractivity (Wildman–Crippen MR) is 57.0 cm³/mol. The van der Waals surface area contributed by atoms with E-state index >= 15 is 0 Å². The smallest absolute Gasteiger partial charge is 0.139 e. The van der Waals surface area contributed by atoms with Gasteiger partial charge in [0.25, 0.3) is 0 Å². The Hall–Kier alpha value is -0.530. The first-order valence-electron chi connectivity index (χ1n) is 3.20. The maximum Gasteiger partial charge on any atom is 0.139 e. The summed E-state index contributed by atoms with van der Waals surface area (Å²) in [6.07, 6.45) is 1.65. The number of nitrogens with zero attached hydrogens (tertiary/aromatic N) is 1. The summed E-state index contributed by atoms with van der Waals surface area (Å²) in [5.41, 5.74) is 6.33. The number of anilines is 1. The summed E-state index contributed by atoms with van der Waals surface area (Å²) in [6, 6.07) is 1.85. The molecule has 0 radical (unpaired) electrons. The second kappa shape index (κ2) is 4.48. The van der Waals surface area contributed by atoms with E-state index in [9.17, 15) is 0 Å². The lowest BCUT2D eigenvalue weighted by molar-refractivity contribution is 1.30. The second-order valence-electron chi connectivity index (χ2n) is 2.02. The van der Waals surface area contributed by atoms with Gasteiger partial charge in [-0.3, -0.25) is 0 Å². The fourth-order valence-corrected chi connectivity index (χ4v) is 1.15. The molecule has 1 heterocycles. The lowest BCUT2D eigenvalue weighted by Gasteiger charge is -1.96. The van der Waals surface area contributed by atoms with Crippen LogP contribution in [0.5, 0.6) is 0 Å². The number of pyridine rings is 1. The van der Waals surface area contributed by atoms with Crippen LogP contribution in [0.25, 0.3) is 0 Å². The van der Waals surface area contributed by atoms with Gasteiger partial charge in [0, 0.05) is 10.7 Å². The normalized spacial score (nSPS) is 8.83. The zero-order valence-electron chi connectivity index (χ0n) is 6.14. The highest BCUT2D eigenvalue weighted by Gasteiger charge is 1.96. The van der Waals surface area contributed by atoms with E-state index in [1.807, 2.05) is 6.07 Å². The van der Waals surface area contributed by atoms with Crippen LogP contribution >= 0.6 is 31.9 Å². The zero-order chi connectivity index (χ0) is 8.97. The molecule has 4 heteroatoms. The summed E-state index contributed by atoms with van der Waals surface area (Å²) in [5, 5.41) is 0.638. The van der Waals surface area contributed by atoms with E-state index < -0.39 is 0 Å². The molecule has 0 aliphatic carbocycles. The molecule has 0 atom stereocenters. The Bertz CT molecular complexity index is 339. The van der Waals surface area contributed by atoms with Crippen molar-refractivity contribution in [2.45, 2.75) is 0 Å². The third-order valence-corrected chi connectivity index (χ3v) is 1.89. The molecule has 0 amide bonds. The molecule has 0 bridgehead atoms. The van der Waals surface area contributed by atoms with Crippen molar-refractivity contribution in [3.8, 4) is 11.8 Å². The maximum absolute atomic E-state index is 5.58. The standard InChI is InChI=1S/C8H6Br2N2/c9-3-1-2-6-4-7(10)5-12-8(6)11/h4-5H,3H2,(H2,11,12). The SMILES string of the molecule is Nc1ncc(Br)cc1C#CCBr. The van der Waals surface area contributed by atoms with Crippen molar-refractivity contribution in [1.29, 1.82) is 0 Å². The first-order chi connectivity index (χ1) is 5.74. The Kier molecular flexibility index (Phi) is 3.57. The Labute approximate surface area is 87.8 Å². The fraction of sp³-hybridized carbons (Fsp3) is 0.125. The van der Waals surface area contributed by atoms with E-state index in [0.717, 1.165) is 10.0 Å². The fourth-order valence-electron chi connectivity index (χ4n) is 0.679. The summed E-state index contributed by atoms with van der Waals surface area (Å²) in [6.45, 7) is 0. The summed E-state index contributed by atoms with van der Waals surface area (Å²) in [7, 11) is 0. The molecule has 1 rings (SSSR count). The van der Waals surface area contributed by atoms with E-state index in [1.54, 1.807) is 6.20 Å². The number of aromatic nitrogens is 1. The third kappa shape index (κ3) is 2.50. The molecule has 0 saturated heterocycles. The Morgan fingerprint density at radius 3 is 3.00 bits per heavy atom. The van der Waals surface area contributed by atoms with Gasteiger partial charge in [0.05, 0.1) is 10.9 Å². The predicted octanol–water partition coefficient (Wildman–Crippen LogP) is 2.17. The lowest BCUT2D eigenvalue weighted by Crippen LogP contribution is -1.93. The van der Waals surface area contributed by atoms with E-state index in [2.05, 4.69) is 48.7 Å². The van der Waals surface area contributed by atoms with Crippen molar-refractivity contribution in [3.63, 3.8) is 0 Å². The number of hydrogen-bond acceptors (Lipinski definition) is 2. The number of halogens is 2. The summed E-state index contributed by atoms with van der Waals surface area (Å²) in [5.74, 6) is 6.21. The number of nitrogen functional groups attached to an aromatic ring is 1. The molecule has 62 valence electrons. The van der Waals surface area contributed by atoms with Crippen LogP contribution in [0.15, 0.2) is 16.7 Å². The molecule has 0 aliphatic heterocycles. The van der Waals surface area contributed by atoms with Gasteiger partial charge < -0.3 is 5.73 Å². The van der Waals surface area contributed by atoms with Gasteiger partial charge in [-0.05, 0) is 22.0 Å². The molecule has 0 unspecified atom stereocenters. The molecule has 12 heavy (non-hydrogen) atoms. The summed E-state index contributed by atoms with van der Waals surface area (Å²) >= 11 is 6.49. The van der Waals surface area contributed by atoms with Crippen LogP contribution in [0.3, 0.4) is 0 Å². The van der Waals surface area contributed by atoms with Gasteiger partial charge in [0.15, 0.2) is 0 Å². The van der Waals surface area contributed by atoms with Crippen LogP contribution in [-0.4, -0.2) is 10.3 Å². The number of alkyl halides is 1. The van der Waals surface area contributed by atoms with Gasteiger partial charge in [0.1, 0.15) is 5.82 Å². The Morgan fingerprint density at radius 1 is 1.58 bits per heavy atom. The number of nitrogens with two attached hydrogens (primary N) is 1. The molecule has 0 spiro atoms. The van der Waals surface area contributed by atoms with Crippen molar-refractivity contribution in [1.82, 2.24) is 4.98 Å². The van der Waals surface area contributed by atoms with Gasteiger partial charge in [0.2, 0.25) is 0 Å². The highest BCUT2D eigenvalue weighted by atomic mass is 79.9. The minimum absolute atomic E-state index is 0.464. The Morgan fingerprint density at radius 2 is 2.33 bits per heavy atom. The molecule has 0 fully saturated rings. The summed E-state index contributed by atoms with van der Waals surface area (Å²) in [4.78, 5) is 3.94. The molecule has 2 N–H and O–H groups in total. The topological polar surface area (TPSA) is 38.9 Å². The zero-order valence-corrected chi connectivity index (χ0v) is 9.31. The van der Waals surface area contributed by atoms with E-state index in [0.29, 0.717) is 11.1 Å².